The first kappa shape index (κ1) is 13.7. The number of sulfonamides is 1. The molecular formula is C12H15N3O3S. The highest BCUT2D eigenvalue weighted by molar-refractivity contribution is 7.89. The number of hydrogen-bond acceptors (Lipinski definition) is 5. The molecule has 0 aromatic carbocycles. The highest BCUT2D eigenvalue weighted by Gasteiger charge is 2.21. The van der Waals surface area contributed by atoms with E-state index in [2.05, 4.69) is 4.98 Å². The largest absolute Gasteiger partial charge is 0.472 e. The first-order chi connectivity index (χ1) is 9.04. The van der Waals surface area contributed by atoms with Crippen LogP contribution in [-0.2, 0) is 23.1 Å². The first-order valence-electron chi connectivity index (χ1n) is 5.66. The minimum atomic E-state index is -3.55. The molecule has 0 spiro atoms. The molecule has 0 saturated heterocycles. The molecule has 0 aliphatic carbocycles. The fraction of sp³-hybridized carbons (Fsp3) is 0.250. The highest BCUT2D eigenvalue weighted by Crippen LogP contribution is 2.16. The molecule has 0 unspecified atom stereocenters. The normalized spacial score (nSPS) is 11.9. The molecule has 2 aromatic heterocycles. The lowest BCUT2D eigenvalue weighted by Crippen LogP contribution is -2.26. The average molecular weight is 281 g/mol. The molecule has 2 rings (SSSR count). The van der Waals surface area contributed by atoms with Crippen molar-refractivity contribution in [3.63, 3.8) is 0 Å². The Bertz CT molecular complexity index is 621. The highest BCUT2D eigenvalue weighted by atomic mass is 32.2. The third-order valence-electron chi connectivity index (χ3n) is 2.70. The number of hydrogen-bond donors (Lipinski definition) is 1. The molecule has 0 radical (unpaired) electrons. The van der Waals surface area contributed by atoms with Crippen LogP contribution in [0.15, 0.2) is 46.2 Å². The van der Waals surface area contributed by atoms with E-state index in [9.17, 15) is 8.42 Å². The topological polar surface area (TPSA) is 89.4 Å². The van der Waals surface area contributed by atoms with Gasteiger partial charge in [-0.15, -0.1) is 0 Å². The SMILES string of the molecule is CN(Cc1ccoc1)S(=O)(=O)c1ccc(CN)nc1. The van der Waals surface area contributed by atoms with Gasteiger partial charge in [0.05, 0.1) is 18.2 Å². The van der Waals surface area contributed by atoms with Gasteiger partial charge in [-0.2, -0.15) is 4.31 Å². The molecule has 0 atom stereocenters. The summed E-state index contributed by atoms with van der Waals surface area (Å²) in [5.41, 5.74) is 6.87. The summed E-state index contributed by atoms with van der Waals surface area (Å²) in [6.07, 6.45) is 4.35. The van der Waals surface area contributed by atoms with Gasteiger partial charge in [-0.25, -0.2) is 8.42 Å². The Labute approximate surface area is 111 Å². The van der Waals surface area contributed by atoms with Crippen LogP contribution in [0, 0.1) is 0 Å². The predicted octanol–water partition coefficient (Wildman–Crippen LogP) is 0.954. The summed E-state index contributed by atoms with van der Waals surface area (Å²) in [7, 11) is -2.04. The minimum Gasteiger partial charge on any atom is -0.472 e. The second-order valence-electron chi connectivity index (χ2n) is 4.08. The van der Waals surface area contributed by atoms with Crippen molar-refractivity contribution in [3.05, 3.63) is 48.2 Å². The van der Waals surface area contributed by atoms with Crippen molar-refractivity contribution in [1.29, 1.82) is 0 Å². The third kappa shape index (κ3) is 3.01. The molecule has 102 valence electrons. The minimum absolute atomic E-state index is 0.149. The lowest BCUT2D eigenvalue weighted by molar-refractivity contribution is 0.463. The first-order valence-corrected chi connectivity index (χ1v) is 7.10. The average Bonchev–Trinajstić information content (AvgIpc) is 2.91. The molecule has 6 nitrogen and oxygen atoms in total. The van der Waals surface area contributed by atoms with Gasteiger partial charge in [-0.3, -0.25) is 4.98 Å². The van der Waals surface area contributed by atoms with E-state index in [-0.39, 0.29) is 18.0 Å². The van der Waals surface area contributed by atoms with Crippen LogP contribution in [0.25, 0.3) is 0 Å². The molecule has 0 fully saturated rings. The number of furan rings is 1. The maximum atomic E-state index is 12.3. The van der Waals surface area contributed by atoms with Crippen LogP contribution in [-0.4, -0.2) is 24.8 Å². The molecule has 0 aliphatic rings. The van der Waals surface area contributed by atoms with Crippen LogP contribution >= 0.6 is 0 Å². The number of pyridine rings is 1. The molecule has 2 N–H and O–H groups in total. The monoisotopic (exact) mass is 281 g/mol. The van der Waals surface area contributed by atoms with E-state index < -0.39 is 10.0 Å². The summed E-state index contributed by atoms with van der Waals surface area (Å²) in [4.78, 5) is 4.14. The van der Waals surface area contributed by atoms with Gasteiger partial charge in [0, 0.05) is 31.9 Å². The lowest BCUT2D eigenvalue weighted by Gasteiger charge is -2.16. The van der Waals surface area contributed by atoms with E-state index in [1.54, 1.807) is 12.1 Å². The van der Waals surface area contributed by atoms with Gasteiger partial charge >= 0.3 is 0 Å². The number of rotatable bonds is 5. The Morgan fingerprint density at radius 3 is 2.68 bits per heavy atom. The lowest BCUT2D eigenvalue weighted by atomic mass is 10.3. The third-order valence-corrected chi connectivity index (χ3v) is 4.49. The summed E-state index contributed by atoms with van der Waals surface area (Å²) in [6, 6.07) is 4.84. The van der Waals surface area contributed by atoms with Gasteiger partial charge in [0.2, 0.25) is 10.0 Å². The smallest absolute Gasteiger partial charge is 0.244 e. The zero-order valence-electron chi connectivity index (χ0n) is 10.5. The van der Waals surface area contributed by atoms with Crippen LogP contribution in [0.1, 0.15) is 11.3 Å². The van der Waals surface area contributed by atoms with Crippen molar-refractivity contribution >= 4 is 10.0 Å². The Morgan fingerprint density at radius 2 is 2.16 bits per heavy atom. The van der Waals surface area contributed by atoms with E-state index in [1.807, 2.05) is 0 Å². The van der Waals surface area contributed by atoms with Gasteiger partial charge in [0.25, 0.3) is 0 Å². The van der Waals surface area contributed by atoms with Crippen molar-refractivity contribution < 1.29 is 12.8 Å². The number of aromatic nitrogens is 1. The maximum absolute atomic E-state index is 12.3. The van der Waals surface area contributed by atoms with Crippen LogP contribution in [0.5, 0.6) is 0 Å². The zero-order chi connectivity index (χ0) is 13.9. The zero-order valence-corrected chi connectivity index (χ0v) is 11.3. The second kappa shape index (κ2) is 5.52. The van der Waals surface area contributed by atoms with Gasteiger partial charge in [0.1, 0.15) is 4.90 Å². The van der Waals surface area contributed by atoms with Crippen molar-refractivity contribution in [3.8, 4) is 0 Å². The summed E-state index contributed by atoms with van der Waals surface area (Å²) in [5.74, 6) is 0. The van der Waals surface area contributed by atoms with E-state index in [0.717, 1.165) is 5.56 Å². The molecule has 2 heterocycles. The summed E-state index contributed by atoms with van der Waals surface area (Å²) < 4.78 is 30.7. The van der Waals surface area contributed by atoms with E-state index in [0.29, 0.717) is 5.69 Å². The maximum Gasteiger partial charge on any atom is 0.244 e. The van der Waals surface area contributed by atoms with Crippen molar-refractivity contribution in [1.82, 2.24) is 9.29 Å². The van der Waals surface area contributed by atoms with Crippen LogP contribution in [0.3, 0.4) is 0 Å². The van der Waals surface area contributed by atoms with E-state index >= 15 is 0 Å². The summed E-state index contributed by atoms with van der Waals surface area (Å²) in [6.45, 7) is 0.530. The van der Waals surface area contributed by atoms with Crippen molar-refractivity contribution in [2.24, 2.45) is 5.73 Å². The molecular weight excluding hydrogens is 266 g/mol. The fourth-order valence-electron chi connectivity index (χ4n) is 1.59. The van der Waals surface area contributed by atoms with Crippen LogP contribution < -0.4 is 5.73 Å². The molecule has 7 heteroatoms. The van der Waals surface area contributed by atoms with E-state index in [4.69, 9.17) is 10.2 Å². The molecule has 19 heavy (non-hydrogen) atoms. The van der Waals surface area contributed by atoms with Crippen LogP contribution in [0.4, 0.5) is 0 Å². The van der Waals surface area contributed by atoms with Gasteiger partial charge in [-0.1, -0.05) is 0 Å². The van der Waals surface area contributed by atoms with E-state index in [1.165, 1.54) is 36.1 Å². The fourth-order valence-corrected chi connectivity index (χ4v) is 2.69. The quantitative estimate of drug-likeness (QED) is 0.881. The summed E-state index contributed by atoms with van der Waals surface area (Å²) >= 11 is 0. The molecule has 0 amide bonds. The molecule has 2 aromatic rings. The standard InChI is InChI=1S/C12H15N3O3S/c1-15(8-10-4-5-18-9-10)19(16,17)12-3-2-11(6-13)14-7-12/h2-5,7,9H,6,8,13H2,1H3. The second-order valence-corrected chi connectivity index (χ2v) is 6.13. The van der Waals surface area contributed by atoms with Gasteiger partial charge in [0.15, 0.2) is 0 Å². The van der Waals surface area contributed by atoms with Crippen LogP contribution in [0.2, 0.25) is 0 Å². The molecule has 0 bridgehead atoms. The Kier molecular flexibility index (Phi) is 3.98. The number of nitrogens with zero attached hydrogens (tertiary/aromatic N) is 2. The molecule has 0 saturated carbocycles. The Balaban J connectivity index is 2.20. The summed E-state index contributed by atoms with van der Waals surface area (Å²) in [5, 5.41) is 0. The van der Waals surface area contributed by atoms with Gasteiger partial charge < -0.3 is 10.2 Å². The Hall–Kier alpha value is -1.70. The van der Waals surface area contributed by atoms with Gasteiger partial charge in [-0.05, 0) is 18.2 Å². The Morgan fingerprint density at radius 1 is 1.37 bits per heavy atom. The molecule has 0 aliphatic heterocycles. The van der Waals surface area contributed by atoms with Crippen molar-refractivity contribution in [2.45, 2.75) is 18.0 Å². The van der Waals surface area contributed by atoms with Crippen molar-refractivity contribution in [2.75, 3.05) is 7.05 Å². The predicted molar refractivity (Wildman–Crippen MR) is 69.5 cm³/mol. The number of nitrogens with two attached hydrogens (primary N) is 1.